The van der Waals surface area contributed by atoms with Crippen LogP contribution >= 0.6 is 11.8 Å². The fourth-order valence-electron chi connectivity index (χ4n) is 3.16. The number of fused-ring (bicyclic) bond motifs is 1. The Morgan fingerprint density at radius 2 is 2.09 bits per heavy atom. The zero-order valence-electron chi connectivity index (χ0n) is 18.2. The first-order chi connectivity index (χ1) is 15.5. The summed E-state index contributed by atoms with van der Waals surface area (Å²) in [7, 11) is 0. The Bertz CT molecular complexity index is 1090. The summed E-state index contributed by atoms with van der Waals surface area (Å²) in [5.74, 6) is 0.182. The highest BCUT2D eigenvalue weighted by atomic mass is 32.2. The van der Waals surface area contributed by atoms with Gasteiger partial charge in [-0.05, 0) is 39.0 Å². The molecule has 0 unspecified atom stereocenters. The minimum absolute atomic E-state index is 0.159. The van der Waals surface area contributed by atoms with E-state index in [1.165, 1.54) is 11.8 Å². The average Bonchev–Trinajstić information content (AvgIpc) is 3.11. The molecular formula is C20H23N5O7S. The summed E-state index contributed by atoms with van der Waals surface area (Å²) in [4.78, 5) is 40.9. The van der Waals surface area contributed by atoms with Crippen molar-refractivity contribution in [1.29, 1.82) is 0 Å². The smallest absolute Gasteiger partial charge is 0.408 e. The monoisotopic (exact) mass is 477 g/mol. The zero-order valence-corrected chi connectivity index (χ0v) is 19.0. The number of nitrogens with one attached hydrogen (secondary N) is 2. The van der Waals surface area contributed by atoms with Gasteiger partial charge in [-0.15, -0.1) is 11.8 Å². The van der Waals surface area contributed by atoms with Gasteiger partial charge in [-0.1, -0.05) is 5.16 Å². The van der Waals surface area contributed by atoms with Crippen molar-refractivity contribution in [1.82, 2.24) is 15.5 Å². The number of benzene rings is 1. The maximum absolute atomic E-state index is 12.4. The molecule has 33 heavy (non-hydrogen) atoms. The number of primary amides is 1. The molecule has 1 aromatic heterocycles. The number of hydrogen-bond acceptors (Lipinski definition) is 10. The van der Waals surface area contributed by atoms with E-state index in [-0.39, 0.29) is 30.7 Å². The summed E-state index contributed by atoms with van der Waals surface area (Å²) < 4.78 is 20.9. The molecule has 176 valence electrons. The van der Waals surface area contributed by atoms with Crippen LogP contribution in [0.3, 0.4) is 0 Å². The van der Waals surface area contributed by atoms with E-state index >= 15 is 0 Å². The van der Waals surface area contributed by atoms with Crippen LogP contribution in [0.1, 0.15) is 26.7 Å². The second-order valence-electron chi connectivity index (χ2n) is 8.56. The van der Waals surface area contributed by atoms with Gasteiger partial charge in [0, 0.05) is 16.2 Å². The van der Waals surface area contributed by atoms with Crippen LogP contribution < -0.4 is 16.4 Å². The second kappa shape index (κ2) is 8.56. The highest BCUT2D eigenvalue weighted by Crippen LogP contribution is 2.35. The molecule has 2 aliphatic rings. The van der Waals surface area contributed by atoms with Crippen molar-refractivity contribution in [2.24, 2.45) is 5.73 Å². The highest BCUT2D eigenvalue weighted by Gasteiger charge is 2.48. The Labute approximate surface area is 192 Å². The molecule has 3 amide bonds. The topological polar surface area (TPSA) is 168 Å². The SMILES string of the molecule is CC(C)(C)OC(=O)NC1(c2nc(-c3ccc4c(c3)NC(=O)[C@@H](OC(N)=O)CS4)no2)COC1. The lowest BCUT2D eigenvalue weighted by atomic mass is 9.97. The fraction of sp³-hybridized carbons (Fsp3) is 0.450. The van der Waals surface area contributed by atoms with Crippen molar-refractivity contribution in [3.8, 4) is 11.4 Å². The zero-order chi connectivity index (χ0) is 23.8. The predicted molar refractivity (Wildman–Crippen MR) is 115 cm³/mol. The Morgan fingerprint density at radius 3 is 2.73 bits per heavy atom. The predicted octanol–water partition coefficient (Wildman–Crippen LogP) is 1.99. The van der Waals surface area contributed by atoms with Crippen molar-refractivity contribution in [3.05, 3.63) is 24.1 Å². The van der Waals surface area contributed by atoms with Crippen LogP contribution in [0, 0.1) is 0 Å². The molecule has 1 saturated heterocycles. The van der Waals surface area contributed by atoms with Crippen molar-refractivity contribution < 1.29 is 33.1 Å². The molecule has 0 spiro atoms. The van der Waals surface area contributed by atoms with Gasteiger partial charge >= 0.3 is 12.2 Å². The van der Waals surface area contributed by atoms with Crippen LogP contribution in [0.2, 0.25) is 0 Å². The van der Waals surface area contributed by atoms with E-state index in [4.69, 9.17) is 24.5 Å². The van der Waals surface area contributed by atoms with Gasteiger partial charge in [0.2, 0.25) is 5.82 Å². The molecule has 1 atom stereocenters. The van der Waals surface area contributed by atoms with Crippen LogP contribution in [0.15, 0.2) is 27.6 Å². The Balaban J connectivity index is 1.53. The summed E-state index contributed by atoms with van der Waals surface area (Å²) in [6.07, 6.45) is -2.64. The fourth-order valence-corrected chi connectivity index (χ4v) is 4.14. The van der Waals surface area contributed by atoms with E-state index in [1.807, 2.05) is 0 Å². The van der Waals surface area contributed by atoms with E-state index in [0.29, 0.717) is 11.3 Å². The number of hydrogen-bond donors (Lipinski definition) is 3. The van der Waals surface area contributed by atoms with Gasteiger partial charge in [0.1, 0.15) is 5.60 Å². The number of nitrogens with two attached hydrogens (primary N) is 1. The summed E-state index contributed by atoms with van der Waals surface area (Å²) in [6, 6.07) is 5.25. The normalized spacial score (nSPS) is 19.4. The summed E-state index contributed by atoms with van der Waals surface area (Å²) in [6.45, 7) is 5.61. The van der Waals surface area contributed by atoms with E-state index in [0.717, 1.165) is 4.90 Å². The number of rotatable bonds is 4. The number of amides is 3. The summed E-state index contributed by atoms with van der Waals surface area (Å²) in [5, 5.41) is 9.50. The lowest BCUT2D eigenvalue weighted by molar-refractivity contribution is -0.123. The second-order valence-corrected chi connectivity index (χ2v) is 9.62. The number of aromatic nitrogens is 2. The molecule has 1 fully saturated rings. The quantitative estimate of drug-likeness (QED) is 0.592. The Hall–Kier alpha value is -3.32. The number of anilines is 1. The number of nitrogens with zero attached hydrogens (tertiary/aromatic N) is 2. The first-order valence-electron chi connectivity index (χ1n) is 10.0. The largest absolute Gasteiger partial charge is 0.444 e. The van der Waals surface area contributed by atoms with Gasteiger partial charge in [0.25, 0.3) is 11.8 Å². The molecule has 2 aliphatic heterocycles. The minimum Gasteiger partial charge on any atom is -0.444 e. The van der Waals surface area contributed by atoms with Crippen LogP contribution in [-0.4, -0.2) is 58.9 Å². The van der Waals surface area contributed by atoms with Crippen molar-refractivity contribution in [2.45, 2.75) is 42.9 Å². The van der Waals surface area contributed by atoms with E-state index < -0.39 is 35.3 Å². The third-order valence-corrected chi connectivity index (χ3v) is 5.85. The first-order valence-corrected chi connectivity index (χ1v) is 11.0. The molecule has 1 aromatic carbocycles. The van der Waals surface area contributed by atoms with Gasteiger partial charge in [-0.2, -0.15) is 4.98 Å². The number of ether oxygens (including phenoxy) is 3. The standard InChI is InChI=1S/C20H23N5O7S/c1-19(2,3)31-18(28)24-20(8-29-9-20)16-23-14(25-32-16)10-4-5-13-11(6-10)22-15(26)12(7-33-13)30-17(21)27/h4-6,12H,7-9H2,1-3H3,(H2,21,27)(H,22,26)(H,24,28)/t12-/m0/s1. The lowest BCUT2D eigenvalue weighted by Gasteiger charge is -2.38. The molecule has 0 bridgehead atoms. The molecule has 0 saturated carbocycles. The number of carbonyl (C=O) groups excluding carboxylic acids is 3. The molecule has 4 N–H and O–H groups in total. The van der Waals surface area contributed by atoms with Crippen molar-refractivity contribution >= 4 is 35.5 Å². The molecule has 2 aromatic rings. The van der Waals surface area contributed by atoms with E-state index in [2.05, 4.69) is 20.8 Å². The maximum atomic E-state index is 12.4. The van der Waals surface area contributed by atoms with Gasteiger partial charge in [-0.25, -0.2) is 9.59 Å². The molecule has 4 rings (SSSR count). The molecule has 12 nitrogen and oxygen atoms in total. The number of thioether (sulfide) groups is 1. The Morgan fingerprint density at radius 1 is 1.33 bits per heavy atom. The van der Waals surface area contributed by atoms with Gasteiger partial charge in [-0.3, -0.25) is 4.79 Å². The molecule has 0 aliphatic carbocycles. The molecule has 13 heteroatoms. The van der Waals surface area contributed by atoms with Crippen molar-refractivity contribution in [3.63, 3.8) is 0 Å². The first kappa shape index (κ1) is 22.9. The summed E-state index contributed by atoms with van der Waals surface area (Å²) in [5.41, 5.74) is 4.47. The lowest BCUT2D eigenvalue weighted by Crippen LogP contribution is -2.60. The molecule has 0 radical (unpaired) electrons. The third kappa shape index (κ3) is 5.03. The third-order valence-electron chi connectivity index (χ3n) is 4.71. The van der Waals surface area contributed by atoms with Crippen LogP contribution in [0.25, 0.3) is 11.4 Å². The number of alkyl carbamates (subject to hydrolysis) is 1. The number of carbonyl (C=O) groups is 3. The van der Waals surface area contributed by atoms with Gasteiger partial charge in [0.15, 0.2) is 11.6 Å². The van der Waals surface area contributed by atoms with Crippen LogP contribution in [0.5, 0.6) is 0 Å². The van der Waals surface area contributed by atoms with Gasteiger partial charge in [0.05, 0.1) is 18.9 Å². The molecule has 3 heterocycles. The Kier molecular flexibility index (Phi) is 5.93. The van der Waals surface area contributed by atoms with Crippen LogP contribution in [-0.2, 0) is 24.5 Å². The van der Waals surface area contributed by atoms with E-state index in [9.17, 15) is 14.4 Å². The van der Waals surface area contributed by atoms with Crippen LogP contribution in [0.4, 0.5) is 15.3 Å². The maximum Gasteiger partial charge on any atom is 0.408 e. The minimum atomic E-state index is -1.02. The van der Waals surface area contributed by atoms with Gasteiger partial charge < -0.3 is 35.1 Å². The van der Waals surface area contributed by atoms with E-state index in [1.54, 1.807) is 39.0 Å². The molecular weight excluding hydrogens is 454 g/mol. The highest BCUT2D eigenvalue weighted by molar-refractivity contribution is 7.99. The summed E-state index contributed by atoms with van der Waals surface area (Å²) >= 11 is 1.34. The average molecular weight is 477 g/mol. The van der Waals surface area contributed by atoms with Crippen molar-refractivity contribution in [2.75, 3.05) is 24.3 Å².